The predicted octanol–water partition coefficient (Wildman–Crippen LogP) is 3.17. The fourth-order valence-corrected chi connectivity index (χ4v) is 4.12. The lowest BCUT2D eigenvalue weighted by Gasteiger charge is -2.31. The molecule has 13 heavy (non-hydrogen) atoms. The largest absolute Gasteiger partial charge is 0.389 e. The van der Waals surface area contributed by atoms with Crippen LogP contribution in [0.5, 0.6) is 0 Å². The van der Waals surface area contributed by atoms with Crippen molar-refractivity contribution in [3.63, 3.8) is 0 Å². The summed E-state index contributed by atoms with van der Waals surface area (Å²) in [7, 11) is 0.141. The van der Waals surface area contributed by atoms with Gasteiger partial charge in [0.25, 0.3) is 0 Å². The molecule has 0 aromatic carbocycles. The van der Waals surface area contributed by atoms with Crippen LogP contribution < -0.4 is 0 Å². The van der Waals surface area contributed by atoms with Gasteiger partial charge in [-0.3, -0.25) is 0 Å². The molecule has 0 saturated carbocycles. The van der Waals surface area contributed by atoms with Crippen molar-refractivity contribution in [2.45, 2.75) is 45.2 Å². The lowest BCUT2D eigenvalue weighted by molar-refractivity contribution is -0.0238. The summed E-state index contributed by atoms with van der Waals surface area (Å²) in [5, 5.41) is 0. The van der Waals surface area contributed by atoms with Crippen LogP contribution in [0, 0.1) is 0 Å². The highest BCUT2D eigenvalue weighted by Gasteiger charge is 2.31. The summed E-state index contributed by atoms with van der Waals surface area (Å²) in [6, 6.07) is 3.44. The first-order valence-corrected chi connectivity index (χ1v) is 7.54. The van der Waals surface area contributed by atoms with Crippen LogP contribution in [-0.4, -0.2) is 21.7 Å². The highest BCUT2D eigenvalue weighted by Crippen LogP contribution is 2.23. The van der Waals surface area contributed by atoms with E-state index in [1.54, 1.807) is 13.2 Å². The molecule has 0 N–H and O–H groups in total. The van der Waals surface area contributed by atoms with Crippen molar-refractivity contribution < 1.29 is 9.16 Å². The summed E-state index contributed by atoms with van der Waals surface area (Å²) in [6.07, 6.45) is 1.51. The normalized spacial score (nSPS) is 14.2. The number of hydrogen-bond donors (Lipinski definition) is 0. The van der Waals surface area contributed by atoms with E-state index in [-0.39, 0.29) is 6.29 Å². The molecule has 0 amide bonds. The molecule has 0 spiro atoms. The molecule has 2 nitrogen and oxygen atoms in total. The van der Waals surface area contributed by atoms with Gasteiger partial charge in [0, 0.05) is 7.11 Å². The van der Waals surface area contributed by atoms with Crippen molar-refractivity contribution in [1.82, 2.24) is 0 Å². The molecule has 1 unspecified atom stereocenters. The maximum absolute atomic E-state index is 5.98. The lowest BCUT2D eigenvalue weighted by Crippen LogP contribution is -2.39. The molecule has 0 aliphatic carbocycles. The summed E-state index contributed by atoms with van der Waals surface area (Å²) in [5.41, 5.74) is 0. The van der Waals surface area contributed by atoms with Crippen LogP contribution >= 0.6 is 0 Å². The molecule has 1 atom stereocenters. The Kier molecular flexibility index (Phi) is 6.29. The Labute approximate surface area is 83.1 Å². The average molecular weight is 202 g/mol. The minimum absolute atomic E-state index is 0.216. The summed E-state index contributed by atoms with van der Waals surface area (Å²) in [6.45, 7) is 10.3. The number of ether oxygens (including phenoxy) is 1. The quantitative estimate of drug-likeness (QED) is 0.359. The summed E-state index contributed by atoms with van der Waals surface area (Å²) < 4.78 is 11.1. The van der Waals surface area contributed by atoms with Crippen molar-refractivity contribution >= 4 is 8.32 Å². The molecule has 0 radical (unpaired) electrons. The van der Waals surface area contributed by atoms with Crippen molar-refractivity contribution in [2.75, 3.05) is 7.11 Å². The van der Waals surface area contributed by atoms with Crippen molar-refractivity contribution in [3.05, 3.63) is 12.7 Å². The minimum atomic E-state index is -1.52. The second-order valence-corrected chi connectivity index (χ2v) is 7.92. The van der Waals surface area contributed by atoms with Gasteiger partial charge in [-0.25, -0.2) is 0 Å². The molecule has 0 fully saturated rings. The zero-order valence-electron chi connectivity index (χ0n) is 9.30. The van der Waals surface area contributed by atoms with Gasteiger partial charge in [-0.15, -0.1) is 0 Å². The van der Waals surface area contributed by atoms with Gasteiger partial charge in [-0.05, 0) is 24.2 Å². The monoisotopic (exact) mass is 202 g/mol. The van der Waals surface area contributed by atoms with Crippen LogP contribution in [-0.2, 0) is 9.16 Å². The Bertz CT molecular complexity index is 136. The van der Waals surface area contributed by atoms with E-state index in [1.165, 1.54) is 0 Å². The zero-order valence-corrected chi connectivity index (χ0v) is 10.3. The second-order valence-electron chi connectivity index (χ2n) is 3.20. The Morgan fingerprint density at radius 2 is 1.69 bits per heavy atom. The maximum Gasteiger partial charge on any atom is 0.195 e. The molecule has 3 heteroatoms. The van der Waals surface area contributed by atoms with E-state index in [0.29, 0.717) is 0 Å². The van der Waals surface area contributed by atoms with Gasteiger partial charge in [0.2, 0.25) is 0 Å². The van der Waals surface area contributed by atoms with Gasteiger partial charge >= 0.3 is 0 Å². The topological polar surface area (TPSA) is 18.5 Å². The van der Waals surface area contributed by atoms with Crippen LogP contribution in [0.1, 0.15) is 20.8 Å². The lowest BCUT2D eigenvalue weighted by atomic mass is 10.6. The van der Waals surface area contributed by atoms with E-state index in [4.69, 9.17) is 9.16 Å². The summed E-state index contributed by atoms with van der Waals surface area (Å²) >= 11 is 0. The predicted molar refractivity (Wildman–Crippen MR) is 59.3 cm³/mol. The van der Waals surface area contributed by atoms with Gasteiger partial charge < -0.3 is 9.16 Å². The van der Waals surface area contributed by atoms with Crippen LogP contribution in [0.3, 0.4) is 0 Å². The van der Waals surface area contributed by atoms with E-state index in [9.17, 15) is 0 Å². The Hall–Kier alpha value is -0.123. The zero-order chi connectivity index (χ0) is 10.3. The fourth-order valence-electron chi connectivity index (χ4n) is 1.44. The van der Waals surface area contributed by atoms with Crippen LogP contribution in [0.2, 0.25) is 18.1 Å². The first-order chi connectivity index (χ1) is 6.17. The average Bonchev–Trinajstić information content (AvgIpc) is 2.21. The van der Waals surface area contributed by atoms with E-state index in [0.717, 1.165) is 18.1 Å². The molecule has 0 aliphatic heterocycles. The molecule has 78 valence electrons. The van der Waals surface area contributed by atoms with Gasteiger partial charge in [0.1, 0.15) is 0 Å². The van der Waals surface area contributed by atoms with Crippen molar-refractivity contribution in [3.8, 4) is 0 Å². The van der Waals surface area contributed by atoms with Gasteiger partial charge in [-0.1, -0.05) is 27.4 Å². The number of hydrogen-bond acceptors (Lipinski definition) is 2. The highest BCUT2D eigenvalue weighted by atomic mass is 28.4. The molecule has 0 bridgehead atoms. The van der Waals surface area contributed by atoms with E-state index in [2.05, 4.69) is 27.4 Å². The highest BCUT2D eigenvalue weighted by molar-refractivity contribution is 6.73. The van der Waals surface area contributed by atoms with Crippen LogP contribution in [0.4, 0.5) is 0 Å². The molecule has 0 rings (SSSR count). The first kappa shape index (κ1) is 12.9. The Balaban J connectivity index is 4.29. The third-order valence-corrected chi connectivity index (χ3v) is 7.32. The van der Waals surface area contributed by atoms with Crippen LogP contribution in [0.15, 0.2) is 12.7 Å². The van der Waals surface area contributed by atoms with Gasteiger partial charge in [0.05, 0.1) is 0 Å². The smallest absolute Gasteiger partial charge is 0.195 e. The summed E-state index contributed by atoms with van der Waals surface area (Å²) in [4.78, 5) is 0. The second kappa shape index (κ2) is 6.35. The Morgan fingerprint density at radius 1 is 1.23 bits per heavy atom. The molecule has 0 saturated heterocycles. The standard InChI is InChI=1S/C10H22O2Si/c1-6-10(11-5)12-13(7-2,8-3)9-4/h6,10H,1,7-9H2,2-5H3. The molecule has 0 aromatic rings. The van der Waals surface area contributed by atoms with Gasteiger partial charge in [0.15, 0.2) is 14.6 Å². The molecular formula is C10H22O2Si. The van der Waals surface area contributed by atoms with Crippen LogP contribution in [0.25, 0.3) is 0 Å². The van der Waals surface area contributed by atoms with E-state index < -0.39 is 8.32 Å². The van der Waals surface area contributed by atoms with Gasteiger partial charge in [-0.2, -0.15) is 0 Å². The molecule has 0 aromatic heterocycles. The van der Waals surface area contributed by atoms with Crippen molar-refractivity contribution in [2.24, 2.45) is 0 Å². The number of methoxy groups -OCH3 is 1. The van der Waals surface area contributed by atoms with Crippen molar-refractivity contribution in [1.29, 1.82) is 0 Å². The third kappa shape index (κ3) is 3.63. The third-order valence-electron chi connectivity index (χ3n) is 2.72. The molecule has 0 aliphatic rings. The molecular weight excluding hydrogens is 180 g/mol. The number of rotatable bonds is 7. The maximum atomic E-state index is 5.98. The van der Waals surface area contributed by atoms with E-state index in [1.807, 2.05) is 0 Å². The van der Waals surface area contributed by atoms with E-state index >= 15 is 0 Å². The fraction of sp³-hybridized carbons (Fsp3) is 0.800. The first-order valence-electron chi connectivity index (χ1n) is 5.01. The molecule has 0 heterocycles. The summed E-state index contributed by atoms with van der Waals surface area (Å²) in [5.74, 6) is 0. The Morgan fingerprint density at radius 3 is 1.92 bits per heavy atom. The minimum Gasteiger partial charge on any atom is -0.389 e. The SMILES string of the molecule is C=CC(OC)O[Si](CC)(CC)CC.